The number of nitrogens with zero attached hydrogens (tertiary/aromatic N) is 2. The molecule has 96 valence electrons. The maximum Gasteiger partial charge on any atom is 0.267 e. The summed E-state index contributed by atoms with van der Waals surface area (Å²) in [6.45, 7) is 4.26. The molecule has 3 N–H and O–H groups in total. The lowest BCUT2D eigenvalue weighted by molar-refractivity contribution is 0.0655. The number of amides is 2. The number of piperazine rings is 1. The average molecular weight is 248 g/mol. The van der Waals surface area contributed by atoms with Gasteiger partial charge in [0.05, 0.1) is 5.56 Å². The number of nitrogens with one attached hydrogen (secondary N) is 1. The van der Waals surface area contributed by atoms with Gasteiger partial charge < -0.3 is 16.0 Å². The van der Waals surface area contributed by atoms with Crippen molar-refractivity contribution in [1.82, 2.24) is 15.2 Å². The second-order valence-corrected chi connectivity index (χ2v) is 4.35. The highest BCUT2D eigenvalue weighted by atomic mass is 16.2. The molecule has 6 nitrogen and oxygen atoms in total. The molecule has 1 saturated heterocycles. The van der Waals surface area contributed by atoms with Crippen LogP contribution in [0.1, 0.15) is 27.8 Å². The summed E-state index contributed by atoms with van der Waals surface area (Å²) in [5, 5.41) is 3.22. The maximum atomic E-state index is 12.2. The molecule has 1 aromatic heterocycles. The lowest BCUT2D eigenvalue weighted by Crippen LogP contribution is -2.52. The number of aromatic nitrogens is 1. The highest BCUT2D eigenvalue weighted by Crippen LogP contribution is 2.10. The van der Waals surface area contributed by atoms with Gasteiger partial charge in [-0.05, 0) is 19.1 Å². The number of nitrogens with two attached hydrogens (primary N) is 1. The number of hydrogen-bond acceptors (Lipinski definition) is 4. The number of pyridine rings is 1. The van der Waals surface area contributed by atoms with Gasteiger partial charge in [-0.2, -0.15) is 0 Å². The molecule has 0 saturated carbocycles. The first-order valence-electron chi connectivity index (χ1n) is 5.87. The van der Waals surface area contributed by atoms with E-state index in [1.165, 1.54) is 12.3 Å². The van der Waals surface area contributed by atoms with E-state index in [0.29, 0.717) is 12.1 Å². The summed E-state index contributed by atoms with van der Waals surface area (Å²) in [5.41, 5.74) is 5.75. The first-order chi connectivity index (χ1) is 8.59. The van der Waals surface area contributed by atoms with Crippen LogP contribution in [0.15, 0.2) is 18.3 Å². The summed E-state index contributed by atoms with van der Waals surface area (Å²) >= 11 is 0. The summed E-state index contributed by atoms with van der Waals surface area (Å²) in [7, 11) is 0. The number of carbonyl (C=O) groups excluding carboxylic acids is 2. The molecule has 2 heterocycles. The predicted octanol–water partition coefficient (Wildman–Crippen LogP) is -0.386. The second kappa shape index (κ2) is 5.14. The molecule has 2 rings (SSSR count). The Kier molecular flexibility index (Phi) is 3.57. The molecule has 2 amide bonds. The van der Waals surface area contributed by atoms with Gasteiger partial charge in [0.1, 0.15) is 5.69 Å². The van der Waals surface area contributed by atoms with E-state index >= 15 is 0 Å². The molecule has 0 radical (unpaired) electrons. The fraction of sp³-hybridized carbons (Fsp3) is 0.417. The summed E-state index contributed by atoms with van der Waals surface area (Å²) in [4.78, 5) is 28.8. The molecule has 1 aromatic rings. The van der Waals surface area contributed by atoms with Gasteiger partial charge >= 0.3 is 0 Å². The van der Waals surface area contributed by atoms with E-state index in [1.807, 2.05) is 6.92 Å². The van der Waals surface area contributed by atoms with Crippen LogP contribution >= 0.6 is 0 Å². The summed E-state index contributed by atoms with van der Waals surface area (Å²) < 4.78 is 0. The van der Waals surface area contributed by atoms with Crippen LogP contribution in [0.2, 0.25) is 0 Å². The number of carbonyl (C=O) groups is 2. The van der Waals surface area contributed by atoms with E-state index in [4.69, 9.17) is 5.73 Å². The quantitative estimate of drug-likeness (QED) is 0.746. The van der Waals surface area contributed by atoms with E-state index < -0.39 is 5.91 Å². The van der Waals surface area contributed by atoms with Crippen LogP contribution in [0, 0.1) is 0 Å². The van der Waals surface area contributed by atoms with Gasteiger partial charge in [-0.3, -0.25) is 14.6 Å². The van der Waals surface area contributed by atoms with Gasteiger partial charge in [-0.1, -0.05) is 0 Å². The van der Waals surface area contributed by atoms with E-state index in [2.05, 4.69) is 10.3 Å². The molecule has 1 atom stereocenters. The Hall–Kier alpha value is -1.95. The zero-order valence-corrected chi connectivity index (χ0v) is 10.2. The Morgan fingerprint density at radius 1 is 1.50 bits per heavy atom. The minimum absolute atomic E-state index is 0.0625. The van der Waals surface area contributed by atoms with Crippen LogP contribution < -0.4 is 11.1 Å². The van der Waals surface area contributed by atoms with Gasteiger partial charge in [0.2, 0.25) is 0 Å². The Balaban J connectivity index is 2.15. The van der Waals surface area contributed by atoms with Crippen molar-refractivity contribution >= 4 is 11.8 Å². The number of primary amides is 1. The normalized spacial score (nSPS) is 19.6. The predicted molar refractivity (Wildman–Crippen MR) is 66.1 cm³/mol. The molecule has 0 aliphatic carbocycles. The molecule has 1 aliphatic heterocycles. The first kappa shape index (κ1) is 12.5. The van der Waals surface area contributed by atoms with Crippen molar-refractivity contribution in [3.8, 4) is 0 Å². The molecule has 18 heavy (non-hydrogen) atoms. The standard InChI is InChI=1S/C12H16N4O2/c1-8-6-14-4-5-16(8)12(18)9-2-3-10(11(13)17)15-7-9/h2-3,7-8,14H,4-6H2,1H3,(H2,13,17)/t8-/m1/s1. The fourth-order valence-electron chi connectivity index (χ4n) is 1.97. The highest BCUT2D eigenvalue weighted by molar-refractivity contribution is 5.96. The van der Waals surface area contributed by atoms with Crippen molar-refractivity contribution in [2.75, 3.05) is 19.6 Å². The van der Waals surface area contributed by atoms with Crippen LogP contribution in [0.3, 0.4) is 0 Å². The Morgan fingerprint density at radius 3 is 2.83 bits per heavy atom. The van der Waals surface area contributed by atoms with Crippen LogP contribution in [0.25, 0.3) is 0 Å². The fourth-order valence-corrected chi connectivity index (χ4v) is 1.97. The number of rotatable bonds is 2. The Bertz CT molecular complexity index is 458. The smallest absolute Gasteiger partial charge is 0.267 e. The molecular formula is C12H16N4O2. The van der Waals surface area contributed by atoms with E-state index in [-0.39, 0.29) is 17.6 Å². The third kappa shape index (κ3) is 2.48. The van der Waals surface area contributed by atoms with Crippen molar-refractivity contribution in [2.24, 2.45) is 5.73 Å². The summed E-state index contributed by atoms with van der Waals surface area (Å²) in [5.74, 6) is -0.656. The molecule has 1 aliphatic rings. The Morgan fingerprint density at radius 2 is 2.28 bits per heavy atom. The van der Waals surface area contributed by atoms with Gasteiger partial charge in [0.25, 0.3) is 11.8 Å². The molecule has 0 bridgehead atoms. The van der Waals surface area contributed by atoms with Crippen molar-refractivity contribution in [3.63, 3.8) is 0 Å². The molecule has 0 aromatic carbocycles. The highest BCUT2D eigenvalue weighted by Gasteiger charge is 2.24. The number of hydrogen-bond donors (Lipinski definition) is 2. The molecule has 0 unspecified atom stereocenters. The van der Waals surface area contributed by atoms with Crippen molar-refractivity contribution in [3.05, 3.63) is 29.6 Å². The van der Waals surface area contributed by atoms with Gasteiger partial charge in [-0.25, -0.2) is 0 Å². The third-order valence-electron chi connectivity index (χ3n) is 3.03. The second-order valence-electron chi connectivity index (χ2n) is 4.35. The van der Waals surface area contributed by atoms with E-state index in [9.17, 15) is 9.59 Å². The third-order valence-corrected chi connectivity index (χ3v) is 3.03. The van der Waals surface area contributed by atoms with Crippen LogP contribution in [-0.2, 0) is 0 Å². The summed E-state index contributed by atoms with van der Waals surface area (Å²) in [6, 6.07) is 3.22. The summed E-state index contributed by atoms with van der Waals surface area (Å²) in [6.07, 6.45) is 1.40. The minimum atomic E-state index is -0.593. The van der Waals surface area contributed by atoms with Crippen LogP contribution in [0.5, 0.6) is 0 Å². The van der Waals surface area contributed by atoms with Crippen molar-refractivity contribution < 1.29 is 9.59 Å². The van der Waals surface area contributed by atoms with E-state index in [0.717, 1.165) is 13.1 Å². The van der Waals surface area contributed by atoms with Gasteiger partial charge in [0, 0.05) is 31.9 Å². The van der Waals surface area contributed by atoms with Crippen molar-refractivity contribution in [2.45, 2.75) is 13.0 Å². The first-order valence-corrected chi connectivity index (χ1v) is 5.87. The zero-order valence-electron chi connectivity index (χ0n) is 10.2. The Labute approximate surface area is 105 Å². The molecule has 1 fully saturated rings. The average Bonchev–Trinajstić information content (AvgIpc) is 2.38. The monoisotopic (exact) mass is 248 g/mol. The zero-order chi connectivity index (χ0) is 13.1. The van der Waals surface area contributed by atoms with E-state index in [1.54, 1.807) is 11.0 Å². The lowest BCUT2D eigenvalue weighted by atomic mass is 10.1. The van der Waals surface area contributed by atoms with Gasteiger partial charge in [-0.15, -0.1) is 0 Å². The van der Waals surface area contributed by atoms with Gasteiger partial charge in [0.15, 0.2) is 0 Å². The molecule has 0 spiro atoms. The molecule has 6 heteroatoms. The van der Waals surface area contributed by atoms with Crippen LogP contribution in [-0.4, -0.2) is 47.4 Å². The maximum absolute atomic E-state index is 12.2. The largest absolute Gasteiger partial charge is 0.364 e. The van der Waals surface area contributed by atoms with Crippen LogP contribution in [0.4, 0.5) is 0 Å². The topological polar surface area (TPSA) is 88.3 Å². The lowest BCUT2D eigenvalue weighted by Gasteiger charge is -2.33. The SMILES string of the molecule is C[C@@H]1CNCCN1C(=O)c1ccc(C(N)=O)nc1. The molecular weight excluding hydrogens is 232 g/mol. The van der Waals surface area contributed by atoms with Crippen molar-refractivity contribution in [1.29, 1.82) is 0 Å². The minimum Gasteiger partial charge on any atom is -0.364 e.